The molecule has 0 fully saturated rings. The number of nitrogens with zero attached hydrogens (tertiary/aromatic N) is 1. The number of hydrogen-bond donors (Lipinski definition) is 2. The van der Waals surface area contributed by atoms with Gasteiger partial charge in [-0.15, -0.1) is 0 Å². The van der Waals surface area contributed by atoms with Crippen molar-refractivity contribution in [3.8, 4) is 11.5 Å². The minimum Gasteiger partial charge on any atom is -0.495 e. The van der Waals surface area contributed by atoms with E-state index >= 15 is 0 Å². The van der Waals surface area contributed by atoms with Crippen LogP contribution in [0.1, 0.15) is 20.8 Å². The lowest BCUT2D eigenvalue weighted by atomic mass is 10.2. The highest BCUT2D eigenvalue weighted by Gasteiger charge is 2.21. The first kappa shape index (κ1) is 26.4. The second-order valence-corrected chi connectivity index (χ2v) is 11.3. The van der Waals surface area contributed by atoms with Gasteiger partial charge in [-0.1, -0.05) is 0 Å². The van der Waals surface area contributed by atoms with Gasteiger partial charge in [0.25, 0.3) is 5.91 Å². The summed E-state index contributed by atoms with van der Waals surface area (Å²) >= 11 is 0. The largest absolute Gasteiger partial charge is 0.495 e. The first-order valence-electron chi connectivity index (χ1n) is 9.96. The Balaban J connectivity index is 2.16. The van der Waals surface area contributed by atoms with Crippen LogP contribution in [0.2, 0.25) is 0 Å². The molecule has 0 spiro atoms. The molecule has 0 radical (unpaired) electrons. The zero-order valence-electron chi connectivity index (χ0n) is 19.3. The van der Waals surface area contributed by atoms with Gasteiger partial charge in [0.05, 0.1) is 29.6 Å². The summed E-state index contributed by atoms with van der Waals surface area (Å²) < 4.78 is 62.7. The summed E-state index contributed by atoms with van der Waals surface area (Å²) in [6, 6.07) is 10.1. The quantitative estimate of drug-likeness (QED) is 0.512. The number of nitrogens with one attached hydrogen (secondary N) is 2. The van der Waals surface area contributed by atoms with Gasteiger partial charge in [0, 0.05) is 13.1 Å². The van der Waals surface area contributed by atoms with Gasteiger partial charge < -0.3 is 14.8 Å². The summed E-state index contributed by atoms with van der Waals surface area (Å²) in [6.45, 7) is 4.93. The molecule has 33 heavy (non-hydrogen) atoms. The summed E-state index contributed by atoms with van der Waals surface area (Å²) in [5.74, 6) is 0.108. The number of sulfonamides is 2. The molecule has 0 unspecified atom stereocenters. The van der Waals surface area contributed by atoms with Gasteiger partial charge in [0.15, 0.2) is 6.10 Å². The number of carbonyl (C=O) groups excluding carboxylic acids is 1. The van der Waals surface area contributed by atoms with E-state index in [0.29, 0.717) is 11.4 Å². The second-order valence-electron chi connectivity index (χ2n) is 7.61. The highest BCUT2D eigenvalue weighted by molar-refractivity contribution is 7.92. The molecule has 0 saturated carbocycles. The Labute approximate surface area is 195 Å². The molecule has 1 amide bonds. The van der Waals surface area contributed by atoms with Crippen molar-refractivity contribution in [3.05, 3.63) is 42.5 Å². The summed E-state index contributed by atoms with van der Waals surface area (Å²) in [6.07, 6.45) is 0.152. The van der Waals surface area contributed by atoms with Crippen molar-refractivity contribution >= 4 is 37.3 Å². The van der Waals surface area contributed by atoms with Crippen LogP contribution in [0.5, 0.6) is 11.5 Å². The third kappa shape index (κ3) is 7.07. The molecule has 0 aromatic heterocycles. The molecular formula is C21H29N3O7S2. The minimum absolute atomic E-state index is 0.0218. The molecule has 0 bridgehead atoms. The van der Waals surface area contributed by atoms with Crippen LogP contribution in [-0.2, 0) is 24.8 Å². The van der Waals surface area contributed by atoms with Crippen molar-refractivity contribution in [1.29, 1.82) is 0 Å². The van der Waals surface area contributed by atoms with E-state index in [0.717, 1.165) is 10.6 Å². The number of ether oxygens (including phenoxy) is 2. The van der Waals surface area contributed by atoms with Crippen molar-refractivity contribution in [1.82, 2.24) is 4.72 Å². The summed E-state index contributed by atoms with van der Waals surface area (Å²) in [4.78, 5) is 12.7. The highest BCUT2D eigenvalue weighted by Crippen LogP contribution is 2.28. The zero-order valence-corrected chi connectivity index (χ0v) is 21.0. The van der Waals surface area contributed by atoms with Crippen molar-refractivity contribution in [2.75, 3.05) is 30.0 Å². The molecule has 0 aliphatic rings. The number of methoxy groups -OCH3 is 1. The first-order valence-corrected chi connectivity index (χ1v) is 13.3. The van der Waals surface area contributed by atoms with Gasteiger partial charge in [0.2, 0.25) is 20.0 Å². The topological polar surface area (TPSA) is 131 Å². The molecule has 0 saturated heterocycles. The van der Waals surface area contributed by atoms with Gasteiger partial charge >= 0.3 is 0 Å². The Bertz CT molecular complexity index is 1190. The predicted molar refractivity (Wildman–Crippen MR) is 127 cm³/mol. The molecule has 0 aliphatic carbocycles. The fourth-order valence-corrected chi connectivity index (χ4v) is 4.53. The third-order valence-electron chi connectivity index (χ3n) is 4.51. The van der Waals surface area contributed by atoms with Gasteiger partial charge in [-0.3, -0.25) is 9.10 Å². The average Bonchev–Trinajstić information content (AvgIpc) is 2.72. The third-order valence-corrected chi connectivity index (χ3v) is 7.37. The zero-order chi connectivity index (χ0) is 25.0. The van der Waals surface area contributed by atoms with Crippen LogP contribution < -0.4 is 23.8 Å². The number of benzene rings is 2. The van der Waals surface area contributed by atoms with Gasteiger partial charge in [0.1, 0.15) is 11.5 Å². The van der Waals surface area contributed by atoms with Crippen molar-refractivity contribution in [2.45, 2.75) is 37.8 Å². The molecule has 182 valence electrons. The van der Waals surface area contributed by atoms with E-state index in [4.69, 9.17) is 9.47 Å². The molecule has 0 heterocycles. The maximum atomic E-state index is 12.7. The molecule has 2 aromatic rings. The van der Waals surface area contributed by atoms with E-state index in [-0.39, 0.29) is 22.4 Å². The highest BCUT2D eigenvalue weighted by atomic mass is 32.2. The molecule has 12 heteroatoms. The van der Waals surface area contributed by atoms with E-state index in [1.165, 1.54) is 39.3 Å². The fraction of sp³-hybridized carbons (Fsp3) is 0.381. The Hall–Kier alpha value is -2.83. The second kappa shape index (κ2) is 10.4. The summed E-state index contributed by atoms with van der Waals surface area (Å²) in [5.41, 5.74) is 0.620. The maximum absolute atomic E-state index is 12.7. The number of anilines is 2. The number of rotatable bonds is 10. The van der Waals surface area contributed by atoms with Gasteiger partial charge in [-0.2, -0.15) is 0 Å². The maximum Gasteiger partial charge on any atom is 0.265 e. The van der Waals surface area contributed by atoms with Crippen molar-refractivity contribution in [2.24, 2.45) is 0 Å². The van der Waals surface area contributed by atoms with Crippen LogP contribution in [0, 0.1) is 0 Å². The van der Waals surface area contributed by atoms with Crippen LogP contribution in [0.3, 0.4) is 0 Å². The Morgan fingerprint density at radius 3 is 2.12 bits per heavy atom. The summed E-state index contributed by atoms with van der Waals surface area (Å²) in [5, 5.41) is 2.63. The van der Waals surface area contributed by atoms with E-state index in [1.807, 2.05) is 0 Å². The summed E-state index contributed by atoms with van der Waals surface area (Å²) in [7, 11) is -4.33. The Morgan fingerprint density at radius 1 is 1.00 bits per heavy atom. The van der Waals surface area contributed by atoms with Crippen LogP contribution in [0.4, 0.5) is 11.4 Å². The molecule has 1 atom stereocenters. The average molecular weight is 500 g/mol. The molecule has 10 nitrogen and oxygen atoms in total. The number of amides is 1. The van der Waals surface area contributed by atoms with E-state index in [2.05, 4.69) is 10.0 Å². The van der Waals surface area contributed by atoms with Crippen LogP contribution in [0.15, 0.2) is 47.4 Å². The van der Waals surface area contributed by atoms with Crippen LogP contribution in [0.25, 0.3) is 0 Å². The number of carbonyl (C=O) groups is 1. The normalized spacial score (nSPS) is 12.8. The van der Waals surface area contributed by atoms with Crippen molar-refractivity contribution in [3.63, 3.8) is 0 Å². The molecule has 2 N–H and O–H groups in total. The monoisotopic (exact) mass is 499 g/mol. The van der Waals surface area contributed by atoms with Crippen LogP contribution in [-0.4, -0.2) is 55.3 Å². The smallest absolute Gasteiger partial charge is 0.265 e. The van der Waals surface area contributed by atoms with E-state index in [9.17, 15) is 21.6 Å². The molecule has 0 aliphatic heterocycles. The lowest BCUT2D eigenvalue weighted by molar-refractivity contribution is -0.122. The minimum atomic E-state index is -3.77. The molecule has 2 aromatic carbocycles. The van der Waals surface area contributed by atoms with Crippen molar-refractivity contribution < 1.29 is 31.1 Å². The fourth-order valence-electron chi connectivity index (χ4n) is 2.75. The van der Waals surface area contributed by atoms with Crippen LogP contribution >= 0.6 is 0 Å². The predicted octanol–water partition coefficient (Wildman–Crippen LogP) is 2.18. The molecule has 2 rings (SSSR count). The molecular weight excluding hydrogens is 470 g/mol. The van der Waals surface area contributed by atoms with Gasteiger partial charge in [-0.25, -0.2) is 21.6 Å². The van der Waals surface area contributed by atoms with E-state index < -0.39 is 32.1 Å². The standard InChI is InChI=1S/C21H29N3O7S2/c1-14(2)23-33(28,29)18-11-12-20(30-5)19(13-18)22-21(25)15(3)31-17-9-7-16(8-10-17)24(4)32(6,26)27/h7-15,23H,1-6H3,(H,22,25)/t15-/m0/s1. The number of hydrogen-bond acceptors (Lipinski definition) is 7. The Kier molecular flexibility index (Phi) is 8.33. The lowest BCUT2D eigenvalue weighted by Gasteiger charge is -2.19. The van der Waals surface area contributed by atoms with E-state index in [1.54, 1.807) is 38.1 Å². The first-order chi connectivity index (χ1) is 15.2. The SMILES string of the molecule is COc1ccc(S(=O)(=O)NC(C)C)cc1NC(=O)[C@H](C)Oc1ccc(N(C)S(C)(=O)=O)cc1. The Morgan fingerprint density at radius 2 is 1.61 bits per heavy atom. The lowest BCUT2D eigenvalue weighted by Crippen LogP contribution is -2.31. The van der Waals surface area contributed by atoms with Gasteiger partial charge in [-0.05, 0) is 63.2 Å².